The number of hydrogen-bond donors (Lipinski definition) is 0. The van der Waals surface area contributed by atoms with Crippen molar-refractivity contribution >= 4 is 12.0 Å². The van der Waals surface area contributed by atoms with Gasteiger partial charge in [0.25, 0.3) is 0 Å². The first kappa shape index (κ1) is 29.5. The first-order valence-corrected chi connectivity index (χ1v) is 12.2. The highest BCUT2D eigenvalue weighted by Crippen LogP contribution is 2.31. The smallest absolute Gasteiger partial charge is 0.409 e. The maximum atomic E-state index is 15.0. The summed E-state index contributed by atoms with van der Waals surface area (Å²) >= 11 is 0. The van der Waals surface area contributed by atoms with E-state index >= 15 is 0 Å². The third kappa shape index (κ3) is 7.00. The fourth-order valence-electron chi connectivity index (χ4n) is 4.12. The minimum atomic E-state index is -4.84. The highest BCUT2D eigenvalue weighted by atomic mass is 19.4. The summed E-state index contributed by atoms with van der Waals surface area (Å²) in [6, 6.07) is 13.8. The molecule has 0 atom stereocenters. The van der Waals surface area contributed by atoms with Gasteiger partial charge in [0.2, 0.25) is 0 Å². The third-order valence-corrected chi connectivity index (χ3v) is 6.05. The topological polar surface area (TPSA) is 26.3 Å². The zero-order valence-corrected chi connectivity index (χ0v) is 21.3. The van der Waals surface area contributed by atoms with Crippen molar-refractivity contribution in [1.82, 2.24) is 0 Å². The predicted molar refractivity (Wildman–Crippen MR) is 138 cm³/mol. The number of esters is 1. The minimum Gasteiger partial charge on any atom is -0.423 e. The van der Waals surface area contributed by atoms with Crippen molar-refractivity contribution in [2.45, 2.75) is 25.9 Å². The fourth-order valence-corrected chi connectivity index (χ4v) is 4.12. The molecule has 4 aromatic carbocycles. The molecule has 4 rings (SSSR count). The number of carbonyl (C=O) groups excluding carboxylic acids is 1. The van der Waals surface area contributed by atoms with Crippen LogP contribution < -0.4 is 4.74 Å². The number of carbonyl (C=O) groups is 1. The van der Waals surface area contributed by atoms with Gasteiger partial charge in [0.1, 0.15) is 40.4 Å². The fraction of sp³-hybridized carbons (Fsp3) is 0.129. The first-order valence-electron chi connectivity index (χ1n) is 12.2. The summed E-state index contributed by atoms with van der Waals surface area (Å²) in [5.74, 6) is -9.20. The molecule has 0 aliphatic heterocycles. The molecule has 212 valence electrons. The van der Waals surface area contributed by atoms with Crippen LogP contribution in [-0.2, 0) is 6.42 Å². The van der Waals surface area contributed by atoms with Gasteiger partial charge in [-0.05, 0) is 52.9 Å². The van der Waals surface area contributed by atoms with E-state index < -0.39 is 64.2 Å². The van der Waals surface area contributed by atoms with Gasteiger partial charge >= 0.3 is 12.1 Å². The van der Waals surface area contributed by atoms with Crippen LogP contribution in [0, 0.1) is 29.1 Å². The van der Waals surface area contributed by atoms with Crippen molar-refractivity contribution in [3.63, 3.8) is 0 Å². The van der Waals surface area contributed by atoms with Crippen LogP contribution in [0.2, 0.25) is 0 Å². The Morgan fingerprint density at radius 1 is 0.732 bits per heavy atom. The van der Waals surface area contributed by atoms with E-state index in [9.17, 15) is 39.9 Å². The number of allylic oxidation sites excluding steroid dienone is 1. The maximum absolute atomic E-state index is 15.0. The van der Waals surface area contributed by atoms with Gasteiger partial charge in [-0.3, -0.25) is 0 Å². The van der Waals surface area contributed by atoms with E-state index in [1.807, 2.05) is 24.3 Å². The zero-order valence-electron chi connectivity index (χ0n) is 21.3. The Hall–Kier alpha value is -4.47. The van der Waals surface area contributed by atoms with E-state index in [4.69, 9.17) is 0 Å². The molecule has 0 radical (unpaired) electrons. The predicted octanol–water partition coefficient (Wildman–Crippen LogP) is 9.46. The lowest BCUT2D eigenvalue weighted by Crippen LogP contribution is -2.14. The molecule has 0 N–H and O–H groups in total. The maximum Gasteiger partial charge on any atom is 0.409 e. The lowest BCUT2D eigenvalue weighted by atomic mass is 9.97. The van der Waals surface area contributed by atoms with Crippen molar-refractivity contribution in [1.29, 1.82) is 0 Å². The van der Waals surface area contributed by atoms with Crippen LogP contribution in [0.4, 0.5) is 35.1 Å². The molecule has 0 saturated heterocycles. The number of alkyl halides is 3. The van der Waals surface area contributed by atoms with Crippen molar-refractivity contribution in [3.05, 3.63) is 119 Å². The highest BCUT2D eigenvalue weighted by molar-refractivity contribution is 5.92. The Balaban J connectivity index is 1.57. The van der Waals surface area contributed by atoms with Crippen molar-refractivity contribution in [2.75, 3.05) is 0 Å². The second-order valence-corrected chi connectivity index (χ2v) is 9.02. The summed E-state index contributed by atoms with van der Waals surface area (Å²) in [6.45, 7) is 2.05. The number of hydrogen-bond acceptors (Lipinski definition) is 2. The molecule has 0 aromatic heterocycles. The van der Waals surface area contributed by atoms with Crippen LogP contribution in [0.3, 0.4) is 0 Å². The molecule has 10 heteroatoms. The van der Waals surface area contributed by atoms with Crippen LogP contribution in [-0.4, -0.2) is 12.1 Å². The molecular weight excluding hydrogens is 556 g/mol. The molecule has 0 amide bonds. The van der Waals surface area contributed by atoms with Gasteiger partial charge in [0, 0.05) is 29.3 Å². The van der Waals surface area contributed by atoms with Crippen LogP contribution >= 0.6 is 0 Å². The zero-order chi connectivity index (χ0) is 29.9. The van der Waals surface area contributed by atoms with Gasteiger partial charge < -0.3 is 4.74 Å². The van der Waals surface area contributed by atoms with Crippen molar-refractivity contribution in [3.8, 4) is 28.0 Å². The molecule has 0 unspecified atom stereocenters. The molecule has 0 bridgehead atoms. The number of aryl methyl sites for hydroxylation is 1. The van der Waals surface area contributed by atoms with Gasteiger partial charge in [-0.15, -0.1) is 0 Å². The molecule has 0 fully saturated rings. The van der Waals surface area contributed by atoms with Gasteiger partial charge in [-0.25, -0.2) is 26.7 Å². The Morgan fingerprint density at radius 3 is 1.83 bits per heavy atom. The SMILES string of the molecule is CCCc1ccc(-c2ccc(-c3cc(F)c(C(=O)Oc4cc(F)c(C=CC(F)(F)F)c(F)c4)c(F)c3)c(F)c2)cc1. The molecule has 2 nitrogen and oxygen atoms in total. The van der Waals surface area contributed by atoms with Crippen LogP contribution in [0.5, 0.6) is 5.75 Å². The molecule has 0 spiro atoms. The van der Waals surface area contributed by atoms with E-state index in [1.54, 1.807) is 6.07 Å². The second-order valence-electron chi connectivity index (χ2n) is 9.02. The van der Waals surface area contributed by atoms with Gasteiger partial charge in [0.15, 0.2) is 0 Å². The molecular formula is C31H20F8O2. The van der Waals surface area contributed by atoms with Gasteiger partial charge in [-0.1, -0.05) is 49.7 Å². The Bertz CT molecular complexity index is 1580. The molecule has 0 aliphatic carbocycles. The van der Waals surface area contributed by atoms with Crippen LogP contribution in [0.1, 0.15) is 34.8 Å². The number of benzene rings is 4. The quantitative estimate of drug-likeness (QED) is 0.124. The third-order valence-electron chi connectivity index (χ3n) is 6.05. The Kier molecular flexibility index (Phi) is 8.60. The van der Waals surface area contributed by atoms with Gasteiger partial charge in [0.05, 0.1) is 0 Å². The minimum absolute atomic E-state index is 0.142. The molecule has 41 heavy (non-hydrogen) atoms. The molecule has 0 heterocycles. The lowest BCUT2D eigenvalue weighted by Gasteiger charge is -2.11. The number of ether oxygens (including phenoxy) is 1. The standard InChI is InChI=1S/C31H20F8O2/c1-2-3-17-4-6-18(7-5-17)19-8-9-22(24(32)12-19)20-13-27(35)29(28(36)14-20)30(40)41-21-15-25(33)23(26(34)16-21)10-11-31(37,38)39/h4-16H,2-3H2,1H3. The second kappa shape index (κ2) is 12.0. The summed E-state index contributed by atoms with van der Waals surface area (Å²) in [5.41, 5.74) is -0.260. The highest BCUT2D eigenvalue weighted by Gasteiger charge is 2.25. The van der Waals surface area contributed by atoms with E-state index in [0.29, 0.717) is 29.8 Å². The normalized spacial score (nSPS) is 11.7. The summed E-state index contributed by atoms with van der Waals surface area (Å²) in [4.78, 5) is 12.4. The van der Waals surface area contributed by atoms with Crippen LogP contribution in [0.15, 0.2) is 72.8 Å². The van der Waals surface area contributed by atoms with Gasteiger partial charge in [-0.2, -0.15) is 13.2 Å². The molecule has 0 aliphatic rings. The molecule has 0 saturated carbocycles. The van der Waals surface area contributed by atoms with E-state index in [-0.39, 0.29) is 17.2 Å². The first-order chi connectivity index (χ1) is 19.4. The van der Waals surface area contributed by atoms with Crippen LogP contribution in [0.25, 0.3) is 28.3 Å². The van der Waals surface area contributed by atoms with E-state index in [1.165, 1.54) is 12.1 Å². The van der Waals surface area contributed by atoms with E-state index in [0.717, 1.165) is 24.0 Å². The average Bonchev–Trinajstić information content (AvgIpc) is 2.87. The summed E-state index contributed by atoms with van der Waals surface area (Å²) in [6.07, 6.45) is -3.22. The summed E-state index contributed by atoms with van der Waals surface area (Å²) < 4.78 is 114. The monoisotopic (exact) mass is 576 g/mol. The number of halogens is 8. The number of rotatable bonds is 7. The average molecular weight is 576 g/mol. The summed E-state index contributed by atoms with van der Waals surface area (Å²) in [5, 5.41) is 0. The Labute approximate surface area is 229 Å². The van der Waals surface area contributed by atoms with Crippen molar-refractivity contribution in [2.24, 2.45) is 0 Å². The Morgan fingerprint density at radius 2 is 1.29 bits per heavy atom. The van der Waals surface area contributed by atoms with Crippen molar-refractivity contribution < 1.29 is 44.7 Å². The summed E-state index contributed by atoms with van der Waals surface area (Å²) in [7, 11) is 0. The largest absolute Gasteiger partial charge is 0.423 e. The van der Waals surface area contributed by atoms with E-state index in [2.05, 4.69) is 11.7 Å². The lowest BCUT2D eigenvalue weighted by molar-refractivity contribution is -0.0790. The molecule has 4 aromatic rings.